The van der Waals surface area contributed by atoms with Gasteiger partial charge in [-0.25, -0.2) is 4.79 Å². The summed E-state index contributed by atoms with van der Waals surface area (Å²) in [4.78, 5) is 47.9. The largest absolute Gasteiger partial charge is 0.465 e. The Morgan fingerprint density at radius 2 is 1.70 bits per heavy atom. The van der Waals surface area contributed by atoms with E-state index in [4.69, 9.17) is 0 Å². The molecule has 3 aromatic carbocycles. The molecule has 0 atom stereocenters. The molecule has 0 aliphatic carbocycles. The van der Waals surface area contributed by atoms with Gasteiger partial charge in [0.25, 0.3) is 17.5 Å². The highest BCUT2D eigenvalue weighted by Crippen LogP contribution is 2.35. The van der Waals surface area contributed by atoms with Gasteiger partial charge in [0.1, 0.15) is 0 Å². The van der Waals surface area contributed by atoms with E-state index in [0.29, 0.717) is 11.1 Å². The number of hydrogen-bond donors (Lipinski definition) is 0. The van der Waals surface area contributed by atoms with Crippen LogP contribution in [-0.4, -0.2) is 41.0 Å². The van der Waals surface area contributed by atoms with E-state index in [9.17, 15) is 24.5 Å². The van der Waals surface area contributed by atoms with Crippen molar-refractivity contribution in [3.8, 4) is 0 Å². The fraction of sp³-hybridized carbons (Fsp3) is 0.0476. The summed E-state index contributed by atoms with van der Waals surface area (Å²) >= 11 is 0. The zero-order valence-electron chi connectivity index (χ0n) is 15.6. The van der Waals surface area contributed by atoms with Crippen LogP contribution in [0.4, 0.5) is 5.69 Å². The molecule has 0 bridgehead atoms. The number of nitro benzene ring substituents is 1. The number of nitro groups is 1. The van der Waals surface area contributed by atoms with Gasteiger partial charge in [-0.2, -0.15) is 10.1 Å². The van der Waals surface area contributed by atoms with Crippen LogP contribution < -0.4 is 0 Å². The van der Waals surface area contributed by atoms with Gasteiger partial charge in [-0.3, -0.25) is 19.7 Å². The highest BCUT2D eigenvalue weighted by molar-refractivity contribution is 6.26. The maximum Gasteiger partial charge on any atom is 0.337 e. The summed E-state index contributed by atoms with van der Waals surface area (Å²) in [5.74, 6) is -1.85. The van der Waals surface area contributed by atoms with Crippen molar-refractivity contribution in [2.75, 3.05) is 7.11 Å². The monoisotopic (exact) mass is 403 g/mol. The molecular weight excluding hydrogens is 390 g/mol. The molecule has 1 heterocycles. The summed E-state index contributed by atoms with van der Waals surface area (Å²) < 4.78 is 4.63. The third-order valence-corrected chi connectivity index (χ3v) is 4.71. The van der Waals surface area contributed by atoms with Crippen molar-refractivity contribution in [1.29, 1.82) is 0 Å². The topological polar surface area (TPSA) is 119 Å². The summed E-state index contributed by atoms with van der Waals surface area (Å²) in [5, 5.41) is 16.5. The summed E-state index contributed by atoms with van der Waals surface area (Å²) in [6.07, 6.45) is 1.31. The molecular formula is C21H13N3O6. The first kappa shape index (κ1) is 18.9. The number of nitrogens with zero attached hydrogens (tertiary/aromatic N) is 3. The molecule has 9 nitrogen and oxygen atoms in total. The number of benzene rings is 3. The van der Waals surface area contributed by atoms with Crippen LogP contribution in [0.15, 0.2) is 59.7 Å². The van der Waals surface area contributed by atoms with Crippen molar-refractivity contribution >= 4 is 40.5 Å². The molecule has 3 aromatic rings. The molecule has 0 radical (unpaired) electrons. The zero-order chi connectivity index (χ0) is 21.4. The average molecular weight is 403 g/mol. The highest BCUT2D eigenvalue weighted by atomic mass is 16.6. The highest BCUT2D eigenvalue weighted by Gasteiger charge is 2.34. The van der Waals surface area contributed by atoms with Crippen LogP contribution in [0.1, 0.15) is 36.6 Å². The number of hydrogen-bond acceptors (Lipinski definition) is 7. The molecule has 0 aromatic heterocycles. The van der Waals surface area contributed by atoms with Crippen LogP contribution in [0, 0.1) is 10.1 Å². The Kier molecular flexibility index (Phi) is 4.55. The van der Waals surface area contributed by atoms with Crippen LogP contribution in [0.3, 0.4) is 0 Å². The maximum atomic E-state index is 12.9. The van der Waals surface area contributed by atoms with Crippen molar-refractivity contribution < 1.29 is 24.0 Å². The second kappa shape index (κ2) is 7.21. The molecule has 148 valence electrons. The van der Waals surface area contributed by atoms with E-state index in [1.165, 1.54) is 55.8 Å². The quantitative estimate of drug-likeness (QED) is 0.217. The van der Waals surface area contributed by atoms with Crippen molar-refractivity contribution in [3.63, 3.8) is 0 Å². The lowest BCUT2D eigenvalue weighted by molar-refractivity contribution is -0.383. The lowest BCUT2D eigenvalue weighted by Crippen LogP contribution is -2.36. The number of imide groups is 1. The van der Waals surface area contributed by atoms with Gasteiger partial charge < -0.3 is 4.74 Å². The summed E-state index contributed by atoms with van der Waals surface area (Å²) in [6.45, 7) is 0. The van der Waals surface area contributed by atoms with E-state index in [1.54, 1.807) is 12.1 Å². The Balaban J connectivity index is 1.72. The third-order valence-electron chi connectivity index (χ3n) is 4.71. The van der Waals surface area contributed by atoms with Crippen molar-refractivity contribution in [1.82, 2.24) is 5.01 Å². The van der Waals surface area contributed by atoms with E-state index in [1.807, 2.05) is 0 Å². The van der Waals surface area contributed by atoms with E-state index in [2.05, 4.69) is 9.84 Å². The molecule has 1 aliphatic heterocycles. The first-order valence-electron chi connectivity index (χ1n) is 8.73. The molecule has 4 rings (SSSR count). The third kappa shape index (κ3) is 2.98. The van der Waals surface area contributed by atoms with Crippen LogP contribution in [0.25, 0.3) is 10.8 Å². The molecule has 0 saturated carbocycles. The number of methoxy groups -OCH3 is 1. The minimum Gasteiger partial charge on any atom is -0.465 e. The van der Waals surface area contributed by atoms with Gasteiger partial charge in [0, 0.05) is 11.5 Å². The molecule has 0 spiro atoms. The number of ether oxygens (including phenoxy) is 1. The standard InChI is InChI=1S/C21H13N3O6/c1-30-21(27)13-7-5-12(6-8-13)11-22-23-19(25)15-4-2-3-14-17(24(28)29)10-9-16(18(14)15)20(23)26/h2-11H,1H3. The molecule has 0 saturated heterocycles. The second-order valence-electron chi connectivity index (χ2n) is 6.40. The number of rotatable bonds is 4. The first-order chi connectivity index (χ1) is 14.4. The van der Waals surface area contributed by atoms with Crippen LogP contribution >= 0.6 is 0 Å². The summed E-state index contributed by atoms with van der Waals surface area (Å²) in [5.41, 5.74) is 1.03. The van der Waals surface area contributed by atoms with Crippen LogP contribution in [-0.2, 0) is 4.74 Å². The lowest BCUT2D eigenvalue weighted by atomic mass is 9.94. The molecule has 0 unspecified atom stereocenters. The SMILES string of the molecule is COC(=O)c1ccc(C=NN2C(=O)c3cccc4c([N+](=O)[O-])ccc(c34)C2=O)cc1. The van der Waals surface area contributed by atoms with Crippen molar-refractivity contribution in [3.05, 3.63) is 87.0 Å². The van der Waals surface area contributed by atoms with Gasteiger partial charge in [-0.1, -0.05) is 18.2 Å². The van der Waals surface area contributed by atoms with Crippen LogP contribution in [0.2, 0.25) is 0 Å². The number of non-ortho nitro benzene ring substituents is 1. The Hall–Kier alpha value is -4.40. The number of esters is 1. The molecule has 30 heavy (non-hydrogen) atoms. The molecule has 2 amide bonds. The van der Waals surface area contributed by atoms with Crippen molar-refractivity contribution in [2.24, 2.45) is 5.10 Å². The lowest BCUT2D eigenvalue weighted by Gasteiger charge is -2.22. The van der Waals surface area contributed by atoms with E-state index in [-0.39, 0.29) is 27.6 Å². The van der Waals surface area contributed by atoms with Gasteiger partial charge in [0.05, 0.1) is 40.3 Å². The second-order valence-corrected chi connectivity index (χ2v) is 6.40. The van der Waals surface area contributed by atoms with E-state index in [0.717, 1.165) is 5.01 Å². The fourth-order valence-electron chi connectivity index (χ4n) is 3.28. The molecule has 9 heteroatoms. The van der Waals surface area contributed by atoms with Gasteiger partial charge in [-0.05, 0) is 35.9 Å². The normalized spacial score (nSPS) is 13.2. The van der Waals surface area contributed by atoms with Gasteiger partial charge in [0.15, 0.2) is 0 Å². The minimum atomic E-state index is -0.680. The summed E-state index contributed by atoms with van der Waals surface area (Å²) in [6, 6.07) is 13.3. The molecule has 0 fully saturated rings. The first-order valence-corrected chi connectivity index (χ1v) is 8.73. The van der Waals surface area contributed by atoms with Crippen molar-refractivity contribution in [2.45, 2.75) is 0 Å². The predicted octanol–water partition coefficient (Wildman–Crippen LogP) is 3.16. The van der Waals surface area contributed by atoms with Crippen LogP contribution in [0.5, 0.6) is 0 Å². The predicted molar refractivity (Wildman–Crippen MR) is 106 cm³/mol. The van der Waals surface area contributed by atoms with Gasteiger partial charge >= 0.3 is 5.97 Å². The number of carbonyl (C=O) groups is 3. The maximum absolute atomic E-state index is 12.9. The average Bonchev–Trinajstić information content (AvgIpc) is 2.76. The number of hydrazone groups is 1. The Bertz CT molecular complexity index is 1240. The zero-order valence-corrected chi connectivity index (χ0v) is 15.6. The molecule has 0 N–H and O–H groups in total. The number of amides is 2. The Morgan fingerprint density at radius 1 is 1.03 bits per heavy atom. The Labute approximate surface area is 169 Å². The fourth-order valence-corrected chi connectivity index (χ4v) is 3.28. The van der Waals surface area contributed by atoms with Gasteiger partial charge in [0.2, 0.25) is 0 Å². The van der Waals surface area contributed by atoms with E-state index >= 15 is 0 Å². The minimum absolute atomic E-state index is 0.156. The summed E-state index contributed by atoms with van der Waals surface area (Å²) in [7, 11) is 1.28. The smallest absolute Gasteiger partial charge is 0.337 e. The Morgan fingerprint density at radius 3 is 2.33 bits per heavy atom. The number of carbonyl (C=O) groups excluding carboxylic acids is 3. The van der Waals surface area contributed by atoms with E-state index < -0.39 is 22.7 Å². The molecule has 1 aliphatic rings. The van der Waals surface area contributed by atoms with Gasteiger partial charge in [-0.15, -0.1) is 0 Å².